The molecule has 3 heteroatoms. The molecule has 1 aromatic carbocycles. The largest absolute Gasteiger partial charge is 0.316 e. The summed E-state index contributed by atoms with van der Waals surface area (Å²) >= 11 is 6.02. The van der Waals surface area contributed by atoms with Crippen LogP contribution in [0.5, 0.6) is 0 Å². The summed E-state index contributed by atoms with van der Waals surface area (Å²) in [5.41, 5.74) is 6.69. The SMILES string of the molecule is CC(C)Sc1ccc(C(N)S)cc1. The Kier molecular flexibility index (Phi) is 4.16. The number of thiol groups is 1. The molecule has 1 atom stereocenters. The van der Waals surface area contributed by atoms with E-state index in [2.05, 4.69) is 38.6 Å². The monoisotopic (exact) mass is 213 g/mol. The van der Waals surface area contributed by atoms with Crippen LogP contribution in [0.4, 0.5) is 0 Å². The topological polar surface area (TPSA) is 26.0 Å². The van der Waals surface area contributed by atoms with Gasteiger partial charge in [0.05, 0.1) is 5.37 Å². The number of benzene rings is 1. The Balaban J connectivity index is 2.70. The van der Waals surface area contributed by atoms with Crippen molar-refractivity contribution >= 4 is 24.4 Å². The summed E-state index contributed by atoms with van der Waals surface area (Å²) in [6.45, 7) is 4.37. The van der Waals surface area contributed by atoms with Crippen LogP contribution >= 0.6 is 24.4 Å². The number of hydrogen-bond acceptors (Lipinski definition) is 3. The zero-order valence-corrected chi connectivity index (χ0v) is 9.61. The molecule has 0 aliphatic rings. The lowest BCUT2D eigenvalue weighted by atomic mass is 10.2. The van der Waals surface area contributed by atoms with E-state index in [1.807, 2.05) is 23.9 Å². The summed E-state index contributed by atoms with van der Waals surface area (Å²) in [7, 11) is 0. The first-order valence-electron chi connectivity index (χ1n) is 4.30. The molecular weight excluding hydrogens is 198 g/mol. The number of rotatable bonds is 3. The first kappa shape index (κ1) is 11.0. The van der Waals surface area contributed by atoms with E-state index in [-0.39, 0.29) is 5.37 Å². The molecule has 0 radical (unpaired) electrons. The average molecular weight is 213 g/mol. The van der Waals surface area contributed by atoms with Crippen molar-refractivity contribution in [1.82, 2.24) is 0 Å². The molecule has 0 amide bonds. The Morgan fingerprint density at radius 1 is 1.23 bits per heavy atom. The minimum absolute atomic E-state index is 0.168. The van der Waals surface area contributed by atoms with Gasteiger partial charge in [-0.25, -0.2) is 0 Å². The molecule has 0 saturated heterocycles. The second kappa shape index (κ2) is 4.94. The van der Waals surface area contributed by atoms with Gasteiger partial charge in [0, 0.05) is 10.1 Å². The fraction of sp³-hybridized carbons (Fsp3) is 0.400. The van der Waals surface area contributed by atoms with Crippen LogP contribution in [0.2, 0.25) is 0 Å². The van der Waals surface area contributed by atoms with Crippen molar-refractivity contribution in [2.24, 2.45) is 5.73 Å². The fourth-order valence-corrected chi connectivity index (χ4v) is 2.03. The normalized spacial score (nSPS) is 13.3. The van der Waals surface area contributed by atoms with E-state index in [0.717, 1.165) is 5.56 Å². The van der Waals surface area contributed by atoms with E-state index in [1.54, 1.807) is 0 Å². The summed E-state index contributed by atoms with van der Waals surface area (Å²) in [6.07, 6.45) is 0. The van der Waals surface area contributed by atoms with Gasteiger partial charge in [0.25, 0.3) is 0 Å². The molecular formula is C10H15NS2. The van der Waals surface area contributed by atoms with Crippen molar-refractivity contribution in [1.29, 1.82) is 0 Å². The summed E-state index contributed by atoms with van der Waals surface area (Å²) in [4.78, 5) is 1.28. The van der Waals surface area contributed by atoms with Gasteiger partial charge in [-0.1, -0.05) is 26.0 Å². The number of nitrogens with two attached hydrogens (primary N) is 1. The van der Waals surface area contributed by atoms with Crippen LogP contribution < -0.4 is 5.73 Å². The third-order valence-corrected chi connectivity index (χ3v) is 2.91. The maximum absolute atomic E-state index is 5.62. The molecule has 1 aromatic rings. The van der Waals surface area contributed by atoms with Gasteiger partial charge in [-0.3, -0.25) is 0 Å². The molecule has 1 unspecified atom stereocenters. The standard InChI is InChI=1S/C10H15NS2/c1-7(2)13-9-5-3-8(4-6-9)10(11)12/h3-7,10,12H,11H2,1-2H3. The maximum Gasteiger partial charge on any atom is 0.0734 e. The van der Waals surface area contributed by atoms with Gasteiger partial charge < -0.3 is 5.73 Å². The second-order valence-corrected chi connectivity index (χ2v) is 5.39. The quantitative estimate of drug-likeness (QED) is 0.458. The first-order valence-corrected chi connectivity index (χ1v) is 5.69. The van der Waals surface area contributed by atoms with Gasteiger partial charge >= 0.3 is 0 Å². The van der Waals surface area contributed by atoms with Crippen LogP contribution in [0.15, 0.2) is 29.2 Å². The van der Waals surface area contributed by atoms with Crippen molar-refractivity contribution in [2.75, 3.05) is 0 Å². The third kappa shape index (κ3) is 3.63. The maximum atomic E-state index is 5.62. The molecule has 1 rings (SSSR count). The van der Waals surface area contributed by atoms with E-state index in [9.17, 15) is 0 Å². The van der Waals surface area contributed by atoms with E-state index >= 15 is 0 Å². The van der Waals surface area contributed by atoms with Gasteiger partial charge in [-0.15, -0.1) is 11.8 Å². The molecule has 0 fully saturated rings. The molecule has 72 valence electrons. The molecule has 0 aliphatic carbocycles. The lowest BCUT2D eigenvalue weighted by molar-refractivity contribution is 1.04. The molecule has 0 aliphatic heterocycles. The van der Waals surface area contributed by atoms with Crippen LogP contribution in [0.25, 0.3) is 0 Å². The Hall–Kier alpha value is -0.120. The van der Waals surface area contributed by atoms with Gasteiger partial charge in [-0.05, 0) is 17.7 Å². The van der Waals surface area contributed by atoms with E-state index in [4.69, 9.17) is 5.73 Å². The van der Waals surface area contributed by atoms with Gasteiger partial charge in [-0.2, -0.15) is 12.6 Å². The summed E-state index contributed by atoms with van der Waals surface area (Å²) in [6, 6.07) is 8.25. The van der Waals surface area contributed by atoms with Crippen LogP contribution in [0.3, 0.4) is 0 Å². The molecule has 0 spiro atoms. The highest BCUT2D eigenvalue weighted by atomic mass is 32.2. The Morgan fingerprint density at radius 3 is 2.15 bits per heavy atom. The van der Waals surface area contributed by atoms with Crippen LogP contribution in [0.1, 0.15) is 24.8 Å². The van der Waals surface area contributed by atoms with Crippen molar-refractivity contribution < 1.29 is 0 Å². The fourth-order valence-electron chi connectivity index (χ4n) is 1.02. The van der Waals surface area contributed by atoms with Crippen molar-refractivity contribution in [3.8, 4) is 0 Å². The summed E-state index contributed by atoms with van der Waals surface area (Å²) in [5, 5.41) is 0.452. The first-order chi connectivity index (χ1) is 6.09. The molecule has 13 heavy (non-hydrogen) atoms. The average Bonchev–Trinajstić information content (AvgIpc) is 2.04. The highest BCUT2D eigenvalue weighted by Gasteiger charge is 2.01. The minimum Gasteiger partial charge on any atom is -0.316 e. The second-order valence-electron chi connectivity index (χ2n) is 3.18. The Morgan fingerprint density at radius 2 is 1.77 bits per heavy atom. The smallest absolute Gasteiger partial charge is 0.0734 e. The predicted octanol–water partition coefficient (Wildman–Crippen LogP) is 3.07. The van der Waals surface area contributed by atoms with Crippen molar-refractivity contribution in [3.63, 3.8) is 0 Å². The number of thioether (sulfide) groups is 1. The molecule has 0 saturated carbocycles. The summed E-state index contributed by atoms with van der Waals surface area (Å²) < 4.78 is 0. The van der Waals surface area contributed by atoms with Crippen LogP contribution in [-0.2, 0) is 0 Å². The van der Waals surface area contributed by atoms with Crippen molar-refractivity contribution in [3.05, 3.63) is 29.8 Å². The van der Waals surface area contributed by atoms with Crippen molar-refractivity contribution in [2.45, 2.75) is 29.4 Å². The highest BCUT2D eigenvalue weighted by molar-refractivity contribution is 7.99. The van der Waals surface area contributed by atoms with E-state index < -0.39 is 0 Å². The zero-order chi connectivity index (χ0) is 9.84. The highest BCUT2D eigenvalue weighted by Crippen LogP contribution is 2.24. The molecule has 0 heterocycles. The van der Waals surface area contributed by atoms with E-state index in [1.165, 1.54) is 4.90 Å². The predicted molar refractivity (Wildman–Crippen MR) is 63.3 cm³/mol. The van der Waals surface area contributed by atoms with Gasteiger partial charge in [0.1, 0.15) is 0 Å². The lowest BCUT2D eigenvalue weighted by Gasteiger charge is -2.07. The Bertz CT molecular complexity index is 254. The number of hydrogen-bond donors (Lipinski definition) is 2. The van der Waals surface area contributed by atoms with Gasteiger partial charge in [0.2, 0.25) is 0 Å². The lowest BCUT2D eigenvalue weighted by Crippen LogP contribution is -2.01. The van der Waals surface area contributed by atoms with Gasteiger partial charge in [0.15, 0.2) is 0 Å². The Labute approximate surface area is 89.5 Å². The molecule has 1 nitrogen and oxygen atoms in total. The third-order valence-electron chi connectivity index (χ3n) is 1.59. The van der Waals surface area contributed by atoms with Crippen LogP contribution in [0, 0.1) is 0 Å². The molecule has 2 N–H and O–H groups in total. The molecule has 0 aromatic heterocycles. The van der Waals surface area contributed by atoms with E-state index in [0.29, 0.717) is 5.25 Å². The zero-order valence-electron chi connectivity index (χ0n) is 7.90. The summed E-state index contributed by atoms with van der Waals surface area (Å²) in [5.74, 6) is 0. The molecule has 0 bridgehead atoms. The van der Waals surface area contributed by atoms with Crippen LogP contribution in [-0.4, -0.2) is 5.25 Å². The minimum atomic E-state index is -0.168.